The van der Waals surface area contributed by atoms with Gasteiger partial charge in [0.25, 0.3) is 0 Å². The molecule has 2 amide bonds. The van der Waals surface area contributed by atoms with E-state index in [0.29, 0.717) is 6.54 Å². The molecule has 5 N–H and O–H groups in total. The zero-order valence-electron chi connectivity index (χ0n) is 9.28. The first-order valence-corrected chi connectivity index (χ1v) is 5.53. The first-order valence-electron chi connectivity index (χ1n) is 5.53. The van der Waals surface area contributed by atoms with Crippen molar-refractivity contribution in [3.8, 4) is 0 Å². The van der Waals surface area contributed by atoms with Crippen molar-refractivity contribution >= 4 is 11.8 Å². The Balaban J connectivity index is 2.20. The van der Waals surface area contributed by atoms with Crippen LogP contribution in [0, 0.1) is 0 Å². The summed E-state index contributed by atoms with van der Waals surface area (Å²) in [7, 11) is 0. The van der Waals surface area contributed by atoms with Gasteiger partial charge in [0.15, 0.2) is 0 Å². The highest BCUT2D eigenvalue weighted by molar-refractivity contribution is 5.87. The summed E-state index contributed by atoms with van der Waals surface area (Å²) in [6.45, 7) is 1.19. The molecule has 0 spiro atoms. The number of hydrogen-bond donors (Lipinski definition) is 3. The van der Waals surface area contributed by atoms with Crippen LogP contribution in [0.1, 0.15) is 25.7 Å². The van der Waals surface area contributed by atoms with Gasteiger partial charge in [0.05, 0.1) is 18.6 Å². The van der Waals surface area contributed by atoms with E-state index in [0.717, 1.165) is 25.9 Å². The van der Waals surface area contributed by atoms with E-state index < -0.39 is 11.9 Å². The fourth-order valence-corrected chi connectivity index (χ4v) is 1.62. The summed E-state index contributed by atoms with van der Waals surface area (Å²) in [6.07, 6.45) is 3.08. The van der Waals surface area contributed by atoms with E-state index in [1.165, 1.54) is 0 Å². The molecule has 92 valence electrons. The van der Waals surface area contributed by atoms with Crippen LogP contribution in [0.15, 0.2) is 0 Å². The number of hydrogen-bond acceptors (Lipinski definition) is 4. The van der Waals surface area contributed by atoms with Crippen LogP contribution in [0.4, 0.5) is 0 Å². The molecule has 6 nitrogen and oxygen atoms in total. The first kappa shape index (κ1) is 12.9. The van der Waals surface area contributed by atoms with Gasteiger partial charge in [-0.1, -0.05) is 0 Å². The number of rotatable bonds is 5. The van der Waals surface area contributed by atoms with Crippen LogP contribution in [0.3, 0.4) is 0 Å². The smallest absolute Gasteiger partial charge is 0.237 e. The molecule has 0 aromatic rings. The van der Waals surface area contributed by atoms with Crippen molar-refractivity contribution in [1.29, 1.82) is 0 Å². The van der Waals surface area contributed by atoms with Crippen molar-refractivity contribution in [2.24, 2.45) is 11.5 Å². The molecule has 2 atom stereocenters. The second-order valence-corrected chi connectivity index (χ2v) is 4.01. The Kier molecular flexibility index (Phi) is 5.21. The quantitative estimate of drug-likeness (QED) is 0.554. The fourth-order valence-electron chi connectivity index (χ4n) is 1.62. The average Bonchev–Trinajstić information content (AvgIpc) is 2.26. The van der Waals surface area contributed by atoms with E-state index in [-0.39, 0.29) is 18.4 Å². The highest BCUT2D eigenvalue weighted by Crippen LogP contribution is 2.11. The van der Waals surface area contributed by atoms with Crippen LogP contribution in [-0.4, -0.2) is 37.1 Å². The molecule has 0 saturated carbocycles. The van der Waals surface area contributed by atoms with Gasteiger partial charge < -0.3 is 21.5 Å². The maximum absolute atomic E-state index is 11.4. The molecule has 1 heterocycles. The number of carbonyl (C=O) groups is 2. The topological polar surface area (TPSA) is 107 Å². The molecular weight excluding hydrogens is 210 g/mol. The molecule has 0 aromatic heterocycles. The van der Waals surface area contributed by atoms with E-state index in [1.807, 2.05) is 0 Å². The monoisotopic (exact) mass is 229 g/mol. The molecule has 2 unspecified atom stereocenters. The average molecular weight is 229 g/mol. The number of carbonyl (C=O) groups excluding carboxylic acids is 2. The maximum atomic E-state index is 11.4. The Morgan fingerprint density at radius 1 is 1.44 bits per heavy atom. The Morgan fingerprint density at radius 3 is 2.75 bits per heavy atom. The molecule has 1 aliphatic rings. The Labute approximate surface area is 94.7 Å². The van der Waals surface area contributed by atoms with Crippen LogP contribution < -0.4 is 16.8 Å². The largest absolute Gasteiger partial charge is 0.376 e. The summed E-state index contributed by atoms with van der Waals surface area (Å²) < 4.78 is 5.44. The molecular formula is C10H19N3O3. The zero-order chi connectivity index (χ0) is 12.0. The van der Waals surface area contributed by atoms with Crippen molar-refractivity contribution in [3.05, 3.63) is 0 Å². The second kappa shape index (κ2) is 6.44. The molecule has 1 rings (SSSR count). The minimum absolute atomic E-state index is 0.0680. The first-order chi connectivity index (χ1) is 7.59. The molecule has 1 saturated heterocycles. The van der Waals surface area contributed by atoms with Crippen LogP contribution in [0.25, 0.3) is 0 Å². The van der Waals surface area contributed by atoms with Gasteiger partial charge >= 0.3 is 0 Å². The summed E-state index contributed by atoms with van der Waals surface area (Å²) in [5, 5.41) is 2.66. The van der Waals surface area contributed by atoms with Gasteiger partial charge in [-0.25, -0.2) is 0 Å². The number of amides is 2. The maximum Gasteiger partial charge on any atom is 0.237 e. The normalized spacial score (nSPS) is 22.4. The van der Waals surface area contributed by atoms with Gasteiger partial charge in [-0.3, -0.25) is 9.59 Å². The number of nitrogens with one attached hydrogen (secondary N) is 1. The Morgan fingerprint density at radius 2 is 2.19 bits per heavy atom. The lowest BCUT2D eigenvalue weighted by Crippen LogP contribution is -2.46. The Hall–Kier alpha value is -1.14. The highest BCUT2D eigenvalue weighted by atomic mass is 16.5. The minimum Gasteiger partial charge on any atom is -0.376 e. The van der Waals surface area contributed by atoms with E-state index in [2.05, 4.69) is 5.32 Å². The summed E-state index contributed by atoms with van der Waals surface area (Å²) >= 11 is 0. The van der Waals surface area contributed by atoms with Crippen LogP contribution in [0.5, 0.6) is 0 Å². The summed E-state index contributed by atoms with van der Waals surface area (Å²) in [6, 6.07) is -0.860. The summed E-state index contributed by atoms with van der Waals surface area (Å²) in [5.41, 5.74) is 10.4. The van der Waals surface area contributed by atoms with E-state index >= 15 is 0 Å². The Bertz CT molecular complexity index is 252. The second-order valence-electron chi connectivity index (χ2n) is 4.01. The van der Waals surface area contributed by atoms with E-state index in [9.17, 15) is 9.59 Å². The third kappa shape index (κ3) is 4.59. The van der Waals surface area contributed by atoms with E-state index in [4.69, 9.17) is 16.2 Å². The van der Waals surface area contributed by atoms with E-state index in [1.54, 1.807) is 0 Å². The predicted octanol–water partition coefficient (Wildman–Crippen LogP) is -1.13. The summed E-state index contributed by atoms with van der Waals surface area (Å²) in [5.74, 6) is -0.926. The molecule has 0 aromatic carbocycles. The minimum atomic E-state index is -0.860. The van der Waals surface area contributed by atoms with Crippen molar-refractivity contribution in [1.82, 2.24) is 5.32 Å². The van der Waals surface area contributed by atoms with Gasteiger partial charge in [0, 0.05) is 13.2 Å². The third-order valence-electron chi connectivity index (χ3n) is 2.54. The standard InChI is InChI=1S/C10H19N3O3/c11-8(5-9(12)14)10(15)13-6-7-3-1-2-4-16-7/h7-8H,1-6,11H2,(H2,12,14)(H,13,15). The predicted molar refractivity (Wildman–Crippen MR) is 58.4 cm³/mol. The molecule has 1 aliphatic heterocycles. The van der Waals surface area contributed by atoms with Gasteiger partial charge in [-0.15, -0.1) is 0 Å². The van der Waals surface area contributed by atoms with Crippen molar-refractivity contribution < 1.29 is 14.3 Å². The number of primary amides is 1. The number of nitrogens with two attached hydrogens (primary N) is 2. The number of ether oxygens (including phenoxy) is 1. The van der Waals surface area contributed by atoms with Crippen LogP contribution in [-0.2, 0) is 14.3 Å². The SMILES string of the molecule is NC(=O)CC(N)C(=O)NCC1CCCCO1. The van der Waals surface area contributed by atoms with Gasteiger partial charge in [0.1, 0.15) is 0 Å². The van der Waals surface area contributed by atoms with Crippen molar-refractivity contribution in [3.63, 3.8) is 0 Å². The molecule has 16 heavy (non-hydrogen) atoms. The molecule has 0 radical (unpaired) electrons. The van der Waals surface area contributed by atoms with Gasteiger partial charge in [-0.2, -0.15) is 0 Å². The highest BCUT2D eigenvalue weighted by Gasteiger charge is 2.18. The lowest BCUT2D eigenvalue weighted by molar-refractivity contribution is -0.126. The van der Waals surface area contributed by atoms with Gasteiger partial charge in [0.2, 0.25) is 11.8 Å². The molecule has 0 bridgehead atoms. The fraction of sp³-hybridized carbons (Fsp3) is 0.800. The van der Waals surface area contributed by atoms with Crippen LogP contribution in [0.2, 0.25) is 0 Å². The lowest BCUT2D eigenvalue weighted by atomic mass is 10.1. The van der Waals surface area contributed by atoms with Crippen LogP contribution >= 0.6 is 0 Å². The molecule has 0 aliphatic carbocycles. The van der Waals surface area contributed by atoms with Crippen molar-refractivity contribution in [2.75, 3.05) is 13.2 Å². The summed E-state index contributed by atoms with van der Waals surface area (Å²) in [4.78, 5) is 22.0. The van der Waals surface area contributed by atoms with Crippen molar-refractivity contribution in [2.45, 2.75) is 37.8 Å². The lowest BCUT2D eigenvalue weighted by Gasteiger charge is -2.23. The molecule has 1 fully saturated rings. The van der Waals surface area contributed by atoms with Gasteiger partial charge in [-0.05, 0) is 19.3 Å². The molecule has 6 heteroatoms. The zero-order valence-corrected chi connectivity index (χ0v) is 9.28. The third-order valence-corrected chi connectivity index (χ3v) is 2.54.